The van der Waals surface area contributed by atoms with Crippen molar-refractivity contribution in [2.75, 3.05) is 0 Å². The Morgan fingerprint density at radius 1 is 1.40 bits per heavy atom. The fraction of sp³-hybridized carbons (Fsp3) is 0.812. The largest absolute Gasteiger partial charge is 0.392 e. The third-order valence-electron chi connectivity index (χ3n) is 4.78. The average molecular weight is 299 g/mol. The molecular formula is C16H27ClN2O. The van der Waals surface area contributed by atoms with Gasteiger partial charge in [-0.3, -0.25) is 4.68 Å². The van der Waals surface area contributed by atoms with E-state index in [-0.39, 0.29) is 6.10 Å². The van der Waals surface area contributed by atoms with E-state index in [4.69, 9.17) is 11.6 Å². The highest BCUT2D eigenvalue weighted by atomic mass is 35.5. The molecule has 0 amide bonds. The third kappa shape index (κ3) is 3.37. The van der Waals surface area contributed by atoms with Gasteiger partial charge in [-0.2, -0.15) is 5.10 Å². The first-order valence-electron chi connectivity index (χ1n) is 7.74. The van der Waals surface area contributed by atoms with Crippen LogP contribution in [0.4, 0.5) is 0 Å². The van der Waals surface area contributed by atoms with E-state index in [0.29, 0.717) is 17.8 Å². The lowest BCUT2D eigenvalue weighted by molar-refractivity contribution is 0.0563. The zero-order valence-electron chi connectivity index (χ0n) is 13.1. The molecule has 1 aliphatic rings. The van der Waals surface area contributed by atoms with E-state index in [1.165, 1.54) is 12.8 Å². The van der Waals surface area contributed by atoms with E-state index in [1.54, 1.807) is 0 Å². The quantitative estimate of drug-likeness (QED) is 0.913. The van der Waals surface area contributed by atoms with E-state index >= 15 is 0 Å². The summed E-state index contributed by atoms with van der Waals surface area (Å²) < 4.78 is 1.92. The molecule has 1 heterocycles. The molecule has 20 heavy (non-hydrogen) atoms. The van der Waals surface area contributed by atoms with Gasteiger partial charge in [-0.25, -0.2) is 0 Å². The molecule has 0 radical (unpaired) electrons. The summed E-state index contributed by atoms with van der Waals surface area (Å²) in [6, 6.07) is 0. The smallest absolute Gasteiger partial charge is 0.0848 e. The Bertz CT molecular complexity index is 457. The van der Waals surface area contributed by atoms with E-state index in [9.17, 15) is 5.11 Å². The molecule has 1 aromatic rings. The Morgan fingerprint density at radius 3 is 2.55 bits per heavy atom. The zero-order chi connectivity index (χ0) is 14.9. The number of nitrogens with zero attached hydrogens (tertiary/aromatic N) is 2. The molecule has 1 aliphatic carbocycles. The number of hydrogen-bond donors (Lipinski definition) is 1. The average Bonchev–Trinajstić information content (AvgIpc) is 2.66. The Kier molecular flexibility index (Phi) is 4.80. The Labute approximate surface area is 127 Å². The van der Waals surface area contributed by atoms with Crippen LogP contribution in [0.1, 0.15) is 57.8 Å². The summed E-state index contributed by atoms with van der Waals surface area (Å²) in [6.45, 7) is 9.42. The van der Waals surface area contributed by atoms with Crippen LogP contribution in [0.15, 0.2) is 0 Å². The Balaban J connectivity index is 2.03. The van der Waals surface area contributed by atoms with Crippen LogP contribution in [-0.4, -0.2) is 21.0 Å². The van der Waals surface area contributed by atoms with Crippen LogP contribution >= 0.6 is 11.6 Å². The van der Waals surface area contributed by atoms with Crippen LogP contribution in [0, 0.1) is 18.3 Å². The van der Waals surface area contributed by atoms with Gasteiger partial charge in [0.2, 0.25) is 0 Å². The highest BCUT2D eigenvalue weighted by Crippen LogP contribution is 2.40. The number of aryl methyl sites for hydroxylation is 2. The van der Waals surface area contributed by atoms with Crippen molar-refractivity contribution in [2.45, 2.75) is 72.4 Å². The van der Waals surface area contributed by atoms with Gasteiger partial charge in [0.1, 0.15) is 0 Å². The van der Waals surface area contributed by atoms with Crippen molar-refractivity contribution >= 4 is 11.6 Å². The van der Waals surface area contributed by atoms with Gasteiger partial charge in [-0.15, -0.1) is 0 Å². The molecule has 3 nitrogen and oxygen atoms in total. The number of halogens is 1. The number of aromatic nitrogens is 2. The first-order valence-corrected chi connectivity index (χ1v) is 8.11. The van der Waals surface area contributed by atoms with Crippen molar-refractivity contribution in [3.8, 4) is 0 Å². The molecule has 114 valence electrons. The molecule has 1 fully saturated rings. The van der Waals surface area contributed by atoms with Crippen LogP contribution in [0.2, 0.25) is 5.02 Å². The summed E-state index contributed by atoms with van der Waals surface area (Å²) in [5.41, 5.74) is 2.29. The summed E-state index contributed by atoms with van der Waals surface area (Å²) in [7, 11) is 0. The number of aliphatic hydroxyl groups excluding tert-OH is 1. The fourth-order valence-corrected chi connectivity index (χ4v) is 3.45. The molecule has 0 bridgehead atoms. The molecule has 0 aliphatic heterocycles. The highest BCUT2D eigenvalue weighted by Gasteiger charge is 2.31. The highest BCUT2D eigenvalue weighted by molar-refractivity contribution is 6.31. The Hall–Kier alpha value is -0.540. The lowest BCUT2D eigenvalue weighted by Crippen LogP contribution is -2.31. The van der Waals surface area contributed by atoms with Gasteiger partial charge >= 0.3 is 0 Å². The SMILES string of the molecule is CCn1nc(C)c(Cl)c1CC(O)C1CCC(C)(C)CC1. The van der Waals surface area contributed by atoms with Gasteiger partial charge < -0.3 is 5.11 Å². The summed E-state index contributed by atoms with van der Waals surface area (Å²) in [6.07, 6.45) is 4.96. The second-order valence-electron chi connectivity index (χ2n) is 6.93. The number of aliphatic hydroxyl groups is 1. The second-order valence-corrected chi connectivity index (χ2v) is 7.31. The van der Waals surface area contributed by atoms with Crippen LogP contribution < -0.4 is 0 Å². The summed E-state index contributed by atoms with van der Waals surface area (Å²) in [4.78, 5) is 0. The van der Waals surface area contributed by atoms with Crippen LogP contribution in [0.3, 0.4) is 0 Å². The topological polar surface area (TPSA) is 38.0 Å². The third-order valence-corrected chi connectivity index (χ3v) is 5.27. The van der Waals surface area contributed by atoms with Gasteiger partial charge in [0.25, 0.3) is 0 Å². The summed E-state index contributed by atoms with van der Waals surface area (Å²) in [5, 5.41) is 15.7. The zero-order valence-corrected chi connectivity index (χ0v) is 13.9. The molecule has 1 aromatic heterocycles. The summed E-state index contributed by atoms with van der Waals surface area (Å²) >= 11 is 6.33. The molecule has 1 saturated carbocycles. The predicted molar refractivity (Wildman–Crippen MR) is 83.1 cm³/mol. The first-order chi connectivity index (χ1) is 9.34. The molecule has 0 aromatic carbocycles. The molecule has 1 N–H and O–H groups in total. The van der Waals surface area contributed by atoms with Crippen molar-refractivity contribution in [3.63, 3.8) is 0 Å². The number of rotatable bonds is 4. The minimum absolute atomic E-state index is 0.301. The Morgan fingerprint density at radius 2 is 2.00 bits per heavy atom. The monoisotopic (exact) mass is 298 g/mol. The molecule has 1 atom stereocenters. The standard InChI is InChI=1S/C16H27ClN2O/c1-5-19-13(15(17)11(2)18-19)10-14(20)12-6-8-16(3,4)9-7-12/h12,14,20H,5-10H2,1-4H3. The maximum absolute atomic E-state index is 10.6. The maximum Gasteiger partial charge on any atom is 0.0848 e. The lowest BCUT2D eigenvalue weighted by Gasteiger charge is -2.36. The minimum atomic E-state index is -0.301. The molecule has 4 heteroatoms. The number of hydrogen-bond acceptors (Lipinski definition) is 2. The van der Waals surface area contributed by atoms with Gasteiger partial charge in [-0.1, -0.05) is 25.4 Å². The van der Waals surface area contributed by atoms with Gasteiger partial charge in [-0.05, 0) is 50.9 Å². The molecule has 2 rings (SSSR count). The van der Waals surface area contributed by atoms with Crippen molar-refractivity contribution in [1.29, 1.82) is 0 Å². The normalized spacial score (nSPS) is 21.1. The maximum atomic E-state index is 10.6. The fourth-order valence-electron chi connectivity index (χ4n) is 3.24. The second kappa shape index (κ2) is 6.07. The lowest BCUT2D eigenvalue weighted by atomic mass is 9.71. The molecule has 1 unspecified atom stereocenters. The summed E-state index contributed by atoms with van der Waals surface area (Å²) in [5.74, 6) is 0.402. The van der Waals surface area contributed by atoms with Crippen molar-refractivity contribution in [3.05, 3.63) is 16.4 Å². The van der Waals surface area contributed by atoms with E-state index in [0.717, 1.165) is 35.8 Å². The van der Waals surface area contributed by atoms with E-state index < -0.39 is 0 Å². The van der Waals surface area contributed by atoms with Crippen molar-refractivity contribution in [2.24, 2.45) is 11.3 Å². The van der Waals surface area contributed by atoms with E-state index in [1.807, 2.05) is 11.6 Å². The van der Waals surface area contributed by atoms with Gasteiger partial charge in [0.05, 0.1) is 22.5 Å². The van der Waals surface area contributed by atoms with Crippen LogP contribution in [-0.2, 0) is 13.0 Å². The van der Waals surface area contributed by atoms with Crippen molar-refractivity contribution in [1.82, 2.24) is 9.78 Å². The predicted octanol–water partition coefficient (Wildman–Crippen LogP) is 3.98. The molecule has 0 spiro atoms. The van der Waals surface area contributed by atoms with Crippen LogP contribution in [0.5, 0.6) is 0 Å². The van der Waals surface area contributed by atoms with E-state index in [2.05, 4.69) is 25.9 Å². The molecular weight excluding hydrogens is 272 g/mol. The van der Waals surface area contributed by atoms with Gasteiger partial charge in [0.15, 0.2) is 0 Å². The van der Waals surface area contributed by atoms with Gasteiger partial charge in [0, 0.05) is 13.0 Å². The molecule has 0 saturated heterocycles. The minimum Gasteiger partial charge on any atom is -0.392 e. The van der Waals surface area contributed by atoms with Crippen molar-refractivity contribution < 1.29 is 5.11 Å². The first kappa shape index (κ1) is 15.8. The van der Waals surface area contributed by atoms with Crippen LogP contribution in [0.25, 0.3) is 0 Å².